The molecule has 0 saturated carbocycles. The molecule has 0 radical (unpaired) electrons. The molecule has 0 unspecified atom stereocenters. The van der Waals surface area contributed by atoms with Crippen molar-refractivity contribution in [1.82, 2.24) is 14.8 Å². The van der Waals surface area contributed by atoms with E-state index in [0.717, 1.165) is 0 Å². The molecule has 0 aliphatic carbocycles. The van der Waals surface area contributed by atoms with Crippen molar-refractivity contribution in [3.63, 3.8) is 0 Å². The van der Waals surface area contributed by atoms with Crippen LogP contribution in [0.5, 0.6) is 5.88 Å². The molecule has 1 amide bonds. The minimum atomic E-state index is -0.431. The van der Waals surface area contributed by atoms with Gasteiger partial charge in [-0.05, 0) is 32.2 Å². The molecule has 1 N–H and O–H groups in total. The van der Waals surface area contributed by atoms with Gasteiger partial charge in [-0.25, -0.2) is 13.8 Å². The third-order valence-electron chi connectivity index (χ3n) is 6.60. The van der Waals surface area contributed by atoms with Gasteiger partial charge in [0, 0.05) is 48.4 Å². The van der Waals surface area contributed by atoms with Crippen molar-refractivity contribution < 1.29 is 23.4 Å². The molecule has 1 aliphatic heterocycles. The zero-order chi connectivity index (χ0) is 25.8. The highest BCUT2D eigenvalue weighted by Gasteiger charge is 2.34. The molecule has 3 atom stereocenters. The van der Waals surface area contributed by atoms with Crippen LogP contribution in [0.2, 0.25) is 0 Å². The number of rotatable bonds is 7. The number of fused-ring (bicyclic) bond motifs is 1. The Kier molecular flexibility index (Phi) is 7.96. The van der Waals surface area contributed by atoms with Gasteiger partial charge in [0.2, 0.25) is 5.88 Å². The maximum absolute atomic E-state index is 14.5. The molecule has 2 aromatic carbocycles. The minimum absolute atomic E-state index is 0.104. The van der Waals surface area contributed by atoms with E-state index in [-0.39, 0.29) is 41.8 Å². The van der Waals surface area contributed by atoms with Crippen molar-refractivity contribution in [3.8, 4) is 17.0 Å². The Morgan fingerprint density at radius 2 is 1.83 bits per heavy atom. The smallest absolute Gasteiger partial charge is 0.259 e. The Morgan fingerprint density at radius 1 is 1.14 bits per heavy atom. The number of aliphatic hydroxyl groups is 1. The lowest BCUT2D eigenvalue weighted by molar-refractivity contribution is 0.0324. The number of pyridine rings is 1. The van der Waals surface area contributed by atoms with Crippen LogP contribution in [-0.4, -0.2) is 64.7 Å². The number of nitrogens with zero attached hydrogens (tertiary/aromatic N) is 3. The van der Waals surface area contributed by atoms with Crippen LogP contribution in [0, 0.1) is 17.6 Å². The fraction of sp³-hybridized carbons (Fsp3) is 0.357. The van der Waals surface area contributed by atoms with Gasteiger partial charge in [0.1, 0.15) is 23.3 Å². The highest BCUT2D eigenvalue weighted by molar-refractivity contribution is 5.98. The van der Waals surface area contributed by atoms with Crippen LogP contribution < -0.4 is 4.74 Å². The molecular weight excluding hydrogens is 464 g/mol. The second-order valence-electron chi connectivity index (χ2n) is 9.47. The minimum Gasteiger partial charge on any atom is -0.472 e. The number of aliphatic hydroxyl groups excluding tert-OH is 1. The monoisotopic (exact) mass is 495 g/mol. The molecule has 4 rings (SSSR count). The van der Waals surface area contributed by atoms with Crippen molar-refractivity contribution in [3.05, 3.63) is 83.6 Å². The summed E-state index contributed by atoms with van der Waals surface area (Å²) in [5.74, 6) is -0.960. The molecule has 0 bridgehead atoms. The molecule has 3 aromatic rings. The zero-order valence-corrected chi connectivity index (χ0v) is 20.7. The number of amides is 1. The number of likely N-dealkylation sites (N-methyl/N-ethyl adjacent to an activating group) is 1. The lowest BCUT2D eigenvalue weighted by atomic mass is 9.99. The van der Waals surface area contributed by atoms with Gasteiger partial charge >= 0.3 is 0 Å². The maximum atomic E-state index is 14.5. The molecule has 36 heavy (non-hydrogen) atoms. The highest BCUT2D eigenvalue weighted by atomic mass is 19.1. The van der Waals surface area contributed by atoms with E-state index in [4.69, 9.17) is 4.74 Å². The number of ether oxygens (including phenoxy) is 1. The molecule has 0 saturated heterocycles. The molecule has 0 spiro atoms. The summed E-state index contributed by atoms with van der Waals surface area (Å²) in [6.07, 6.45) is 1.13. The van der Waals surface area contributed by atoms with Crippen LogP contribution in [0.1, 0.15) is 29.8 Å². The topological polar surface area (TPSA) is 65.9 Å². The van der Waals surface area contributed by atoms with Gasteiger partial charge in [0.05, 0.1) is 12.6 Å². The maximum Gasteiger partial charge on any atom is 0.259 e. The molecular formula is C28H31F2N3O3. The van der Waals surface area contributed by atoms with Crippen LogP contribution in [0.15, 0.2) is 60.8 Å². The first-order valence-corrected chi connectivity index (χ1v) is 12.0. The van der Waals surface area contributed by atoms with Gasteiger partial charge < -0.3 is 14.7 Å². The second kappa shape index (κ2) is 11.1. The Bertz CT molecular complexity index is 1220. The average Bonchev–Trinajstić information content (AvgIpc) is 2.87. The average molecular weight is 496 g/mol. The number of carbonyl (C=O) groups is 1. The summed E-state index contributed by atoms with van der Waals surface area (Å²) in [6.45, 7) is 4.75. The third kappa shape index (κ3) is 5.55. The standard InChI is InChI=1S/C28H31F2N3O3/c1-18-14-33(19(2)17-34)28(35)23-12-21(22-9-5-7-11-25(22)30)13-31-27(23)36-26(18)16-32(3)15-20-8-4-6-10-24(20)29/h4-13,18-19,26,34H,14-17H2,1-3H3/t18-,19-,26+/m1/s1. The Labute approximate surface area is 210 Å². The molecule has 6 nitrogen and oxygen atoms in total. The summed E-state index contributed by atoms with van der Waals surface area (Å²) in [5, 5.41) is 9.84. The van der Waals surface area contributed by atoms with Crippen LogP contribution in [0.25, 0.3) is 11.1 Å². The van der Waals surface area contributed by atoms with Gasteiger partial charge in [-0.3, -0.25) is 9.69 Å². The van der Waals surface area contributed by atoms with Gasteiger partial charge in [-0.15, -0.1) is 0 Å². The van der Waals surface area contributed by atoms with Crippen molar-refractivity contribution in [2.24, 2.45) is 5.92 Å². The second-order valence-corrected chi connectivity index (χ2v) is 9.47. The molecule has 1 aliphatic rings. The molecule has 8 heteroatoms. The highest BCUT2D eigenvalue weighted by Crippen LogP contribution is 2.31. The largest absolute Gasteiger partial charge is 0.472 e. The van der Waals surface area contributed by atoms with Crippen molar-refractivity contribution >= 4 is 5.91 Å². The van der Waals surface area contributed by atoms with E-state index < -0.39 is 11.9 Å². The summed E-state index contributed by atoms with van der Waals surface area (Å²) >= 11 is 0. The van der Waals surface area contributed by atoms with E-state index in [1.54, 1.807) is 54.3 Å². The van der Waals surface area contributed by atoms with Crippen molar-refractivity contribution in [2.45, 2.75) is 32.5 Å². The number of carbonyl (C=O) groups excluding carboxylic acids is 1. The lowest BCUT2D eigenvalue weighted by Gasteiger charge is -2.37. The van der Waals surface area contributed by atoms with Crippen molar-refractivity contribution in [1.29, 1.82) is 0 Å². The van der Waals surface area contributed by atoms with Crippen LogP contribution >= 0.6 is 0 Å². The van der Waals surface area contributed by atoms with E-state index in [0.29, 0.717) is 36.3 Å². The Hall–Kier alpha value is -3.36. The first kappa shape index (κ1) is 25.7. The summed E-state index contributed by atoms with van der Waals surface area (Å²) in [6, 6.07) is 14.1. The van der Waals surface area contributed by atoms with E-state index in [2.05, 4.69) is 4.98 Å². The van der Waals surface area contributed by atoms with E-state index >= 15 is 0 Å². The van der Waals surface area contributed by atoms with E-state index in [1.165, 1.54) is 18.3 Å². The van der Waals surface area contributed by atoms with Crippen molar-refractivity contribution in [2.75, 3.05) is 26.7 Å². The predicted octanol–water partition coefficient (Wildman–Crippen LogP) is 4.38. The van der Waals surface area contributed by atoms with Crippen LogP contribution in [0.3, 0.4) is 0 Å². The number of benzene rings is 2. The van der Waals surface area contributed by atoms with Gasteiger partial charge in [0.25, 0.3) is 5.91 Å². The Balaban J connectivity index is 1.67. The molecule has 2 heterocycles. The number of halogens is 2. The fourth-order valence-electron chi connectivity index (χ4n) is 4.45. The van der Waals surface area contributed by atoms with E-state index in [9.17, 15) is 18.7 Å². The van der Waals surface area contributed by atoms with E-state index in [1.807, 2.05) is 18.9 Å². The summed E-state index contributed by atoms with van der Waals surface area (Å²) < 4.78 is 34.9. The summed E-state index contributed by atoms with van der Waals surface area (Å²) in [5.41, 5.74) is 1.59. The number of hydrogen-bond acceptors (Lipinski definition) is 5. The Morgan fingerprint density at radius 3 is 2.53 bits per heavy atom. The number of aromatic nitrogens is 1. The lowest BCUT2D eigenvalue weighted by Crippen LogP contribution is -2.49. The summed E-state index contributed by atoms with van der Waals surface area (Å²) in [4.78, 5) is 21.6. The first-order valence-electron chi connectivity index (χ1n) is 12.0. The quantitative estimate of drug-likeness (QED) is 0.527. The van der Waals surface area contributed by atoms with Crippen LogP contribution in [-0.2, 0) is 6.54 Å². The van der Waals surface area contributed by atoms with Gasteiger partial charge in [-0.1, -0.05) is 43.3 Å². The van der Waals surface area contributed by atoms with Gasteiger partial charge in [-0.2, -0.15) is 0 Å². The first-order chi connectivity index (χ1) is 17.3. The third-order valence-corrected chi connectivity index (χ3v) is 6.60. The van der Waals surface area contributed by atoms with Crippen LogP contribution in [0.4, 0.5) is 8.78 Å². The molecule has 0 fully saturated rings. The molecule has 190 valence electrons. The van der Waals surface area contributed by atoms with Gasteiger partial charge in [0.15, 0.2) is 0 Å². The SMILES string of the molecule is C[C@@H]1CN([C@H](C)CO)C(=O)c2cc(-c3ccccc3F)cnc2O[C@H]1CN(C)Cc1ccccc1F. The molecule has 1 aromatic heterocycles. The fourth-order valence-corrected chi connectivity index (χ4v) is 4.45. The number of hydrogen-bond donors (Lipinski definition) is 1. The summed E-state index contributed by atoms with van der Waals surface area (Å²) in [7, 11) is 1.89. The predicted molar refractivity (Wildman–Crippen MR) is 134 cm³/mol. The normalized spacial score (nSPS) is 18.9. The zero-order valence-electron chi connectivity index (χ0n) is 20.7.